The van der Waals surface area contributed by atoms with Gasteiger partial charge in [0.25, 0.3) is 0 Å². The lowest BCUT2D eigenvalue weighted by molar-refractivity contribution is 0.348. The van der Waals surface area contributed by atoms with Gasteiger partial charge >= 0.3 is 0 Å². The highest BCUT2D eigenvalue weighted by Crippen LogP contribution is 2.22. The molecule has 0 spiro atoms. The number of hydrogen-bond acceptors (Lipinski definition) is 4. The summed E-state index contributed by atoms with van der Waals surface area (Å²) in [5.74, 6) is 0.418. The fourth-order valence-corrected chi connectivity index (χ4v) is 2.44. The van der Waals surface area contributed by atoms with Crippen LogP contribution >= 0.6 is 11.6 Å². The van der Waals surface area contributed by atoms with Gasteiger partial charge in [0.2, 0.25) is 15.9 Å². The zero-order valence-corrected chi connectivity index (χ0v) is 9.75. The van der Waals surface area contributed by atoms with Gasteiger partial charge in [0, 0.05) is 5.56 Å². The van der Waals surface area contributed by atoms with Crippen molar-refractivity contribution < 1.29 is 13.2 Å². The number of benzene rings is 1. The molecule has 2 N–H and O–H groups in total. The standard InChI is InChI=1S/C9H9ClN2O3S/c10-7-2-1-6(9-12-3-4-15-9)5-8(7)16(11,13)14/h1-2,5H,3-4H2,(H2,11,13,14). The molecule has 16 heavy (non-hydrogen) atoms. The van der Waals surface area contributed by atoms with E-state index < -0.39 is 10.0 Å². The minimum Gasteiger partial charge on any atom is -0.476 e. The number of hydrogen-bond donors (Lipinski definition) is 1. The monoisotopic (exact) mass is 260 g/mol. The molecule has 0 amide bonds. The molecule has 0 saturated carbocycles. The van der Waals surface area contributed by atoms with Crippen LogP contribution in [0.2, 0.25) is 5.02 Å². The van der Waals surface area contributed by atoms with Gasteiger partial charge in [-0.1, -0.05) is 11.6 Å². The summed E-state index contributed by atoms with van der Waals surface area (Å²) in [5.41, 5.74) is 0.561. The highest BCUT2D eigenvalue weighted by Gasteiger charge is 2.17. The molecule has 1 aromatic carbocycles. The van der Waals surface area contributed by atoms with Crippen LogP contribution in [-0.2, 0) is 14.8 Å². The summed E-state index contributed by atoms with van der Waals surface area (Å²) in [5, 5.41) is 5.12. The third-order valence-corrected chi connectivity index (χ3v) is 3.46. The molecule has 0 fully saturated rings. The van der Waals surface area contributed by atoms with E-state index >= 15 is 0 Å². The van der Waals surface area contributed by atoms with Gasteiger partial charge < -0.3 is 4.74 Å². The lowest BCUT2D eigenvalue weighted by Gasteiger charge is -2.05. The molecule has 0 bridgehead atoms. The first-order chi connectivity index (χ1) is 7.48. The van der Waals surface area contributed by atoms with Crippen LogP contribution in [0.4, 0.5) is 0 Å². The first-order valence-electron chi connectivity index (χ1n) is 4.48. The fraction of sp³-hybridized carbons (Fsp3) is 0.222. The van der Waals surface area contributed by atoms with Crippen molar-refractivity contribution in [1.29, 1.82) is 0 Å². The molecule has 0 aromatic heterocycles. The van der Waals surface area contributed by atoms with Crippen LogP contribution in [0.3, 0.4) is 0 Å². The number of primary sulfonamides is 1. The Labute approximate surface area is 97.9 Å². The van der Waals surface area contributed by atoms with E-state index in [0.717, 1.165) is 0 Å². The third kappa shape index (κ3) is 2.18. The number of sulfonamides is 1. The Balaban J connectivity index is 2.51. The molecular formula is C9H9ClN2O3S. The number of rotatable bonds is 2. The van der Waals surface area contributed by atoms with Crippen LogP contribution in [0.25, 0.3) is 0 Å². The van der Waals surface area contributed by atoms with Gasteiger partial charge in [0.05, 0.1) is 11.6 Å². The zero-order chi connectivity index (χ0) is 11.8. The average molecular weight is 261 g/mol. The highest BCUT2D eigenvalue weighted by atomic mass is 35.5. The Morgan fingerprint density at radius 2 is 2.19 bits per heavy atom. The molecule has 0 radical (unpaired) electrons. The third-order valence-electron chi connectivity index (χ3n) is 2.07. The van der Waals surface area contributed by atoms with Gasteiger partial charge in [-0.2, -0.15) is 0 Å². The van der Waals surface area contributed by atoms with Crippen LogP contribution in [0.5, 0.6) is 0 Å². The van der Waals surface area contributed by atoms with Gasteiger partial charge in [-0.25, -0.2) is 18.5 Å². The topological polar surface area (TPSA) is 81.8 Å². The number of nitrogens with two attached hydrogens (primary N) is 1. The van der Waals surface area contributed by atoms with Crippen molar-refractivity contribution in [3.05, 3.63) is 28.8 Å². The number of ether oxygens (including phenoxy) is 1. The maximum Gasteiger partial charge on any atom is 0.239 e. The number of halogens is 1. The lowest BCUT2D eigenvalue weighted by atomic mass is 10.2. The minimum absolute atomic E-state index is 0.0878. The molecule has 0 saturated heterocycles. The minimum atomic E-state index is -3.83. The van der Waals surface area contributed by atoms with Crippen LogP contribution in [0.1, 0.15) is 5.56 Å². The van der Waals surface area contributed by atoms with Crippen LogP contribution in [-0.4, -0.2) is 27.5 Å². The summed E-state index contributed by atoms with van der Waals surface area (Å²) in [6, 6.07) is 4.46. The Morgan fingerprint density at radius 1 is 1.44 bits per heavy atom. The first kappa shape index (κ1) is 11.4. The summed E-state index contributed by atoms with van der Waals surface area (Å²) >= 11 is 5.75. The van der Waals surface area contributed by atoms with E-state index in [1.807, 2.05) is 0 Å². The molecule has 86 valence electrons. The second-order valence-corrected chi connectivity index (χ2v) is 5.16. The van der Waals surface area contributed by atoms with E-state index in [1.165, 1.54) is 12.1 Å². The summed E-state index contributed by atoms with van der Waals surface area (Å²) in [6.45, 7) is 1.07. The molecule has 2 rings (SSSR count). The summed E-state index contributed by atoms with van der Waals surface area (Å²) in [4.78, 5) is 3.95. The van der Waals surface area contributed by atoms with Gasteiger partial charge in [0.1, 0.15) is 11.5 Å². The van der Waals surface area contributed by atoms with Gasteiger partial charge in [-0.05, 0) is 18.2 Å². The normalized spacial score (nSPS) is 15.8. The Bertz CT molecular complexity index is 554. The predicted octanol–water partition coefficient (Wildman–Crippen LogP) is 0.764. The molecular weight excluding hydrogens is 252 g/mol. The molecule has 1 aliphatic rings. The van der Waals surface area contributed by atoms with E-state index in [-0.39, 0.29) is 9.92 Å². The molecule has 5 nitrogen and oxygen atoms in total. The molecule has 7 heteroatoms. The summed E-state index contributed by atoms with van der Waals surface area (Å²) < 4.78 is 27.7. The molecule has 0 unspecified atom stereocenters. The zero-order valence-electron chi connectivity index (χ0n) is 8.18. The van der Waals surface area contributed by atoms with Crippen molar-refractivity contribution in [2.75, 3.05) is 13.2 Å². The summed E-state index contributed by atoms with van der Waals surface area (Å²) in [6.07, 6.45) is 0. The first-order valence-corrected chi connectivity index (χ1v) is 6.41. The van der Waals surface area contributed by atoms with Crippen molar-refractivity contribution >= 4 is 27.5 Å². The van der Waals surface area contributed by atoms with Gasteiger partial charge in [-0.15, -0.1) is 0 Å². The SMILES string of the molecule is NS(=O)(=O)c1cc(C2=NCCO2)ccc1Cl. The van der Waals surface area contributed by atoms with E-state index in [1.54, 1.807) is 6.07 Å². The van der Waals surface area contributed by atoms with Crippen LogP contribution in [0.15, 0.2) is 28.1 Å². The summed E-state index contributed by atoms with van der Waals surface area (Å²) in [7, 11) is -3.83. The van der Waals surface area contributed by atoms with Crippen LogP contribution in [0, 0.1) is 0 Å². The lowest BCUT2D eigenvalue weighted by Crippen LogP contribution is -2.14. The fourth-order valence-electron chi connectivity index (χ4n) is 1.36. The molecule has 0 atom stereocenters. The molecule has 1 heterocycles. The Kier molecular flexibility index (Phi) is 2.88. The van der Waals surface area contributed by atoms with Gasteiger partial charge in [0.15, 0.2) is 0 Å². The molecule has 1 aromatic rings. The highest BCUT2D eigenvalue weighted by molar-refractivity contribution is 7.89. The maximum absolute atomic E-state index is 11.2. The molecule has 0 aliphatic carbocycles. The average Bonchev–Trinajstić information content (AvgIpc) is 2.69. The van der Waals surface area contributed by atoms with Gasteiger partial charge in [-0.3, -0.25) is 0 Å². The van der Waals surface area contributed by atoms with Crippen molar-refractivity contribution in [2.45, 2.75) is 4.90 Å². The second kappa shape index (κ2) is 4.04. The Hall–Kier alpha value is -1.11. The van der Waals surface area contributed by atoms with Crippen molar-refractivity contribution in [2.24, 2.45) is 10.1 Å². The quantitative estimate of drug-likeness (QED) is 0.852. The van der Waals surface area contributed by atoms with Crippen molar-refractivity contribution in [1.82, 2.24) is 0 Å². The molecule has 1 aliphatic heterocycles. The number of nitrogens with zero attached hydrogens (tertiary/aromatic N) is 1. The van der Waals surface area contributed by atoms with Crippen LogP contribution < -0.4 is 5.14 Å². The second-order valence-electron chi connectivity index (χ2n) is 3.23. The van der Waals surface area contributed by atoms with E-state index in [9.17, 15) is 8.42 Å². The van der Waals surface area contributed by atoms with Crippen molar-refractivity contribution in [3.8, 4) is 0 Å². The number of aliphatic imine (C=N–C) groups is 1. The Morgan fingerprint density at radius 3 is 2.75 bits per heavy atom. The largest absolute Gasteiger partial charge is 0.476 e. The maximum atomic E-state index is 11.2. The van der Waals surface area contributed by atoms with E-state index in [0.29, 0.717) is 24.6 Å². The van der Waals surface area contributed by atoms with E-state index in [4.69, 9.17) is 21.5 Å². The smallest absolute Gasteiger partial charge is 0.239 e. The predicted molar refractivity (Wildman–Crippen MR) is 60.2 cm³/mol. The van der Waals surface area contributed by atoms with Crippen molar-refractivity contribution in [3.63, 3.8) is 0 Å². The van der Waals surface area contributed by atoms with E-state index in [2.05, 4.69) is 4.99 Å².